The van der Waals surface area contributed by atoms with Gasteiger partial charge in [-0.05, 0) is 38.3 Å². The zero-order valence-corrected chi connectivity index (χ0v) is 16.0. The van der Waals surface area contributed by atoms with Crippen LogP contribution < -0.4 is 4.74 Å². The highest BCUT2D eigenvalue weighted by molar-refractivity contribution is 5.74. The molecule has 0 aliphatic heterocycles. The van der Waals surface area contributed by atoms with Gasteiger partial charge in [0.2, 0.25) is 0 Å². The van der Waals surface area contributed by atoms with Crippen molar-refractivity contribution >= 4 is 11.9 Å². The molecule has 0 aliphatic carbocycles. The van der Waals surface area contributed by atoms with Crippen LogP contribution in [0.2, 0.25) is 0 Å². The Bertz CT molecular complexity index is 545. The van der Waals surface area contributed by atoms with Crippen molar-refractivity contribution in [2.75, 3.05) is 0 Å². The van der Waals surface area contributed by atoms with Crippen molar-refractivity contribution in [1.29, 1.82) is 0 Å². The SMILES string of the molecule is CCCCCCCCC(C)OC(=O)CCCC(=O)Oc1cccc(F)c1. The first-order valence-electron chi connectivity index (χ1n) is 9.67. The Morgan fingerprint density at radius 1 is 1.00 bits per heavy atom. The molecule has 0 aromatic heterocycles. The number of ether oxygens (including phenoxy) is 2. The van der Waals surface area contributed by atoms with Crippen LogP contribution in [-0.4, -0.2) is 18.0 Å². The fraction of sp³-hybridized carbons (Fsp3) is 0.619. The predicted octanol–water partition coefficient (Wildman–Crippen LogP) is 5.58. The highest BCUT2D eigenvalue weighted by Crippen LogP contribution is 2.14. The molecule has 0 spiro atoms. The number of halogens is 1. The maximum atomic E-state index is 13.0. The van der Waals surface area contributed by atoms with Gasteiger partial charge in [-0.1, -0.05) is 45.1 Å². The number of carbonyl (C=O) groups excluding carboxylic acids is 2. The van der Waals surface area contributed by atoms with E-state index in [1.807, 2.05) is 6.92 Å². The fourth-order valence-electron chi connectivity index (χ4n) is 2.64. The van der Waals surface area contributed by atoms with Crippen molar-refractivity contribution in [3.05, 3.63) is 30.1 Å². The summed E-state index contributed by atoms with van der Waals surface area (Å²) in [4.78, 5) is 23.5. The van der Waals surface area contributed by atoms with Crippen molar-refractivity contribution < 1.29 is 23.5 Å². The Morgan fingerprint density at radius 2 is 1.69 bits per heavy atom. The molecule has 5 heteroatoms. The van der Waals surface area contributed by atoms with E-state index in [-0.39, 0.29) is 30.7 Å². The summed E-state index contributed by atoms with van der Waals surface area (Å²) < 4.78 is 23.4. The van der Waals surface area contributed by atoms with Crippen molar-refractivity contribution in [3.63, 3.8) is 0 Å². The molecule has 0 saturated carbocycles. The second kappa shape index (κ2) is 13.3. The van der Waals surface area contributed by atoms with E-state index in [4.69, 9.17) is 9.47 Å². The van der Waals surface area contributed by atoms with Gasteiger partial charge in [0.15, 0.2) is 0 Å². The first-order chi connectivity index (χ1) is 12.5. The van der Waals surface area contributed by atoms with Gasteiger partial charge in [0, 0.05) is 18.9 Å². The zero-order chi connectivity index (χ0) is 19.2. The maximum Gasteiger partial charge on any atom is 0.311 e. The monoisotopic (exact) mass is 366 g/mol. The van der Waals surface area contributed by atoms with E-state index in [2.05, 4.69) is 6.92 Å². The molecule has 1 aromatic rings. The van der Waals surface area contributed by atoms with E-state index in [0.29, 0.717) is 6.42 Å². The minimum absolute atomic E-state index is 0.0899. The third-order valence-electron chi connectivity index (χ3n) is 4.09. The van der Waals surface area contributed by atoms with Crippen LogP contribution in [0.1, 0.15) is 78.1 Å². The van der Waals surface area contributed by atoms with Crippen LogP contribution in [0.15, 0.2) is 24.3 Å². The molecule has 0 aliphatic rings. The lowest BCUT2D eigenvalue weighted by atomic mass is 10.1. The summed E-state index contributed by atoms with van der Waals surface area (Å²) >= 11 is 0. The van der Waals surface area contributed by atoms with E-state index in [1.165, 1.54) is 50.3 Å². The molecular weight excluding hydrogens is 335 g/mol. The first-order valence-corrected chi connectivity index (χ1v) is 9.67. The quantitative estimate of drug-likeness (QED) is 0.260. The van der Waals surface area contributed by atoms with Crippen LogP contribution in [0.25, 0.3) is 0 Å². The van der Waals surface area contributed by atoms with Gasteiger partial charge >= 0.3 is 11.9 Å². The van der Waals surface area contributed by atoms with Crippen LogP contribution in [0, 0.1) is 5.82 Å². The standard InChI is InChI=1S/C21H31FO4/c1-3-4-5-6-7-8-11-17(2)25-20(23)14-10-15-21(24)26-19-13-9-12-18(22)16-19/h9,12-13,16-17H,3-8,10-11,14-15H2,1-2H3. The van der Waals surface area contributed by atoms with Crippen molar-refractivity contribution in [3.8, 4) is 5.75 Å². The molecule has 26 heavy (non-hydrogen) atoms. The molecule has 0 fully saturated rings. The Hall–Kier alpha value is -1.91. The molecule has 1 aromatic carbocycles. The Balaban J connectivity index is 2.09. The molecule has 1 rings (SSSR count). The highest BCUT2D eigenvalue weighted by Gasteiger charge is 2.11. The van der Waals surface area contributed by atoms with E-state index in [0.717, 1.165) is 18.9 Å². The van der Waals surface area contributed by atoms with Crippen LogP contribution in [0.4, 0.5) is 4.39 Å². The number of carbonyl (C=O) groups is 2. The van der Waals surface area contributed by atoms with E-state index < -0.39 is 11.8 Å². The summed E-state index contributed by atoms with van der Waals surface area (Å²) in [7, 11) is 0. The number of hydrogen-bond acceptors (Lipinski definition) is 4. The lowest BCUT2D eigenvalue weighted by Gasteiger charge is -2.13. The van der Waals surface area contributed by atoms with Crippen LogP contribution >= 0.6 is 0 Å². The number of benzene rings is 1. The minimum atomic E-state index is -0.483. The first kappa shape index (κ1) is 22.1. The highest BCUT2D eigenvalue weighted by atomic mass is 19.1. The Morgan fingerprint density at radius 3 is 2.42 bits per heavy atom. The third-order valence-corrected chi connectivity index (χ3v) is 4.09. The Kier molecular flexibility index (Phi) is 11.3. The lowest BCUT2D eigenvalue weighted by molar-refractivity contribution is -0.148. The average Bonchev–Trinajstić information content (AvgIpc) is 2.58. The summed E-state index contributed by atoms with van der Waals surface area (Å²) in [6.45, 7) is 4.10. The second-order valence-corrected chi connectivity index (χ2v) is 6.64. The summed E-state index contributed by atoms with van der Waals surface area (Å²) in [6.07, 6.45) is 8.69. The topological polar surface area (TPSA) is 52.6 Å². The lowest BCUT2D eigenvalue weighted by Crippen LogP contribution is -2.15. The molecule has 1 unspecified atom stereocenters. The molecule has 0 N–H and O–H groups in total. The Labute approximate surface area is 156 Å². The van der Waals surface area contributed by atoms with E-state index in [1.54, 1.807) is 0 Å². The molecule has 0 amide bonds. The van der Waals surface area contributed by atoms with Gasteiger partial charge in [-0.2, -0.15) is 0 Å². The predicted molar refractivity (Wildman–Crippen MR) is 99.4 cm³/mol. The maximum absolute atomic E-state index is 13.0. The molecule has 0 bridgehead atoms. The molecule has 0 radical (unpaired) electrons. The second-order valence-electron chi connectivity index (χ2n) is 6.64. The van der Waals surface area contributed by atoms with Crippen molar-refractivity contribution in [2.45, 2.75) is 84.2 Å². The number of hydrogen-bond donors (Lipinski definition) is 0. The summed E-state index contributed by atoms with van der Waals surface area (Å²) in [5, 5.41) is 0. The minimum Gasteiger partial charge on any atom is -0.463 e. The van der Waals surface area contributed by atoms with Gasteiger partial charge in [0.1, 0.15) is 11.6 Å². The fourth-order valence-corrected chi connectivity index (χ4v) is 2.64. The summed E-state index contributed by atoms with van der Waals surface area (Å²) in [5.74, 6) is -1.06. The summed E-state index contributed by atoms with van der Waals surface area (Å²) in [6, 6.07) is 5.41. The summed E-state index contributed by atoms with van der Waals surface area (Å²) in [5.41, 5.74) is 0. The van der Waals surface area contributed by atoms with Gasteiger partial charge in [-0.3, -0.25) is 9.59 Å². The number of unbranched alkanes of at least 4 members (excludes halogenated alkanes) is 5. The van der Waals surface area contributed by atoms with Crippen LogP contribution in [0.5, 0.6) is 5.75 Å². The molecule has 1 atom stereocenters. The van der Waals surface area contributed by atoms with E-state index >= 15 is 0 Å². The molecule has 0 saturated heterocycles. The average molecular weight is 366 g/mol. The van der Waals surface area contributed by atoms with Crippen molar-refractivity contribution in [2.24, 2.45) is 0 Å². The smallest absolute Gasteiger partial charge is 0.311 e. The van der Waals surface area contributed by atoms with Crippen molar-refractivity contribution in [1.82, 2.24) is 0 Å². The third kappa shape index (κ3) is 10.9. The number of rotatable bonds is 13. The molecule has 146 valence electrons. The number of esters is 2. The van der Waals surface area contributed by atoms with Crippen LogP contribution in [0.3, 0.4) is 0 Å². The van der Waals surface area contributed by atoms with Gasteiger partial charge in [0.05, 0.1) is 6.10 Å². The van der Waals surface area contributed by atoms with Gasteiger partial charge in [-0.25, -0.2) is 4.39 Å². The van der Waals surface area contributed by atoms with Gasteiger partial charge in [0.25, 0.3) is 0 Å². The zero-order valence-electron chi connectivity index (χ0n) is 16.0. The largest absolute Gasteiger partial charge is 0.463 e. The van der Waals surface area contributed by atoms with E-state index in [9.17, 15) is 14.0 Å². The molecular formula is C21H31FO4. The van der Waals surface area contributed by atoms with Gasteiger partial charge < -0.3 is 9.47 Å². The van der Waals surface area contributed by atoms with Crippen LogP contribution in [-0.2, 0) is 14.3 Å². The molecule has 4 nitrogen and oxygen atoms in total. The molecule has 0 heterocycles. The van der Waals surface area contributed by atoms with Gasteiger partial charge in [-0.15, -0.1) is 0 Å². The normalized spacial score (nSPS) is 11.8.